The highest BCUT2D eigenvalue weighted by molar-refractivity contribution is 6.10. The van der Waals surface area contributed by atoms with Gasteiger partial charge in [0.25, 0.3) is 0 Å². The van der Waals surface area contributed by atoms with E-state index < -0.39 is 0 Å². The van der Waals surface area contributed by atoms with E-state index in [9.17, 15) is 0 Å². The standard InChI is InChI=1S/C53H35N3/c1-5-25-50-46(21-1)47-22-2-6-26-51(47)55(50)44-19-11-17-40(32-44)36-13-9-15-38(29-36)42-31-43(35-54-34-42)39-16-10-14-37(30-39)41-18-12-20-45(33-41)56-52-27-7-3-23-48(52)49-24-4-8-28-53(49)56/h1-35H. The second-order valence-corrected chi connectivity index (χ2v) is 14.5. The predicted octanol–water partition coefficient (Wildman–Crippen LogP) is 13.9. The molecule has 56 heavy (non-hydrogen) atoms. The van der Waals surface area contributed by atoms with Crippen molar-refractivity contribution in [1.29, 1.82) is 0 Å². The fourth-order valence-electron chi connectivity index (χ4n) is 8.56. The molecule has 3 heteroatoms. The fourth-order valence-corrected chi connectivity index (χ4v) is 8.56. The lowest BCUT2D eigenvalue weighted by molar-refractivity contribution is 1.18. The summed E-state index contributed by atoms with van der Waals surface area (Å²) in [5.74, 6) is 0. The van der Waals surface area contributed by atoms with Gasteiger partial charge in [0.2, 0.25) is 0 Å². The molecule has 8 aromatic carbocycles. The van der Waals surface area contributed by atoms with E-state index >= 15 is 0 Å². The van der Waals surface area contributed by atoms with Crippen LogP contribution in [-0.4, -0.2) is 14.1 Å². The second-order valence-electron chi connectivity index (χ2n) is 14.5. The van der Waals surface area contributed by atoms with Crippen LogP contribution in [0, 0.1) is 0 Å². The lowest BCUT2D eigenvalue weighted by Gasteiger charge is -2.12. The van der Waals surface area contributed by atoms with Crippen molar-refractivity contribution in [3.8, 4) is 55.9 Å². The summed E-state index contributed by atoms with van der Waals surface area (Å²) in [5, 5.41) is 5.06. The van der Waals surface area contributed by atoms with Gasteiger partial charge in [0.1, 0.15) is 0 Å². The van der Waals surface area contributed by atoms with E-state index in [1.54, 1.807) is 0 Å². The van der Waals surface area contributed by atoms with Crippen molar-refractivity contribution in [1.82, 2.24) is 14.1 Å². The molecule has 0 fully saturated rings. The number of aromatic nitrogens is 3. The lowest BCUT2D eigenvalue weighted by Crippen LogP contribution is -1.94. The summed E-state index contributed by atoms with van der Waals surface area (Å²) >= 11 is 0. The van der Waals surface area contributed by atoms with E-state index in [2.05, 4.69) is 209 Å². The number of benzene rings is 8. The van der Waals surface area contributed by atoms with Crippen molar-refractivity contribution >= 4 is 43.6 Å². The van der Waals surface area contributed by atoms with Crippen molar-refractivity contribution in [3.63, 3.8) is 0 Å². The van der Waals surface area contributed by atoms with Crippen LogP contribution in [0.2, 0.25) is 0 Å². The van der Waals surface area contributed by atoms with E-state index in [4.69, 9.17) is 4.98 Å². The molecule has 0 aliphatic carbocycles. The van der Waals surface area contributed by atoms with E-state index in [1.807, 2.05) is 12.4 Å². The van der Waals surface area contributed by atoms with Gasteiger partial charge in [0.15, 0.2) is 0 Å². The van der Waals surface area contributed by atoms with E-state index in [-0.39, 0.29) is 0 Å². The minimum atomic E-state index is 1.08. The van der Waals surface area contributed by atoms with Crippen LogP contribution in [0.4, 0.5) is 0 Å². The van der Waals surface area contributed by atoms with Gasteiger partial charge in [-0.25, -0.2) is 0 Å². The Hall–Kier alpha value is -7.49. The normalized spacial score (nSPS) is 11.6. The molecule has 0 aliphatic heterocycles. The van der Waals surface area contributed by atoms with Crippen molar-refractivity contribution in [2.75, 3.05) is 0 Å². The average Bonchev–Trinajstić information content (AvgIpc) is 3.80. The van der Waals surface area contributed by atoms with Gasteiger partial charge in [0, 0.05) is 56.4 Å². The monoisotopic (exact) mass is 713 g/mol. The third kappa shape index (κ3) is 5.32. The number of hydrogen-bond acceptors (Lipinski definition) is 1. The summed E-state index contributed by atoms with van der Waals surface area (Å²) in [7, 11) is 0. The fraction of sp³-hybridized carbons (Fsp3) is 0. The quantitative estimate of drug-likeness (QED) is 0.168. The second kappa shape index (κ2) is 13.1. The van der Waals surface area contributed by atoms with Gasteiger partial charge in [-0.1, -0.05) is 133 Å². The van der Waals surface area contributed by atoms with Crippen molar-refractivity contribution in [3.05, 3.63) is 213 Å². The van der Waals surface area contributed by atoms with Crippen molar-refractivity contribution in [2.24, 2.45) is 0 Å². The summed E-state index contributed by atoms with van der Waals surface area (Å²) in [5.41, 5.74) is 16.3. The van der Waals surface area contributed by atoms with Crippen molar-refractivity contribution in [2.45, 2.75) is 0 Å². The first-order chi connectivity index (χ1) is 27.8. The molecule has 3 aromatic heterocycles. The van der Waals surface area contributed by atoms with Gasteiger partial charge >= 0.3 is 0 Å². The third-order valence-electron chi connectivity index (χ3n) is 11.2. The molecule has 11 aromatic rings. The number of hydrogen-bond donors (Lipinski definition) is 0. The Morgan fingerprint density at radius 1 is 0.250 bits per heavy atom. The maximum atomic E-state index is 4.75. The van der Waals surface area contributed by atoms with Crippen molar-refractivity contribution < 1.29 is 0 Å². The highest BCUT2D eigenvalue weighted by Crippen LogP contribution is 2.36. The summed E-state index contributed by atoms with van der Waals surface area (Å²) in [6.45, 7) is 0. The van der Waals surface area contributed by atoms with Gasteiger partial charge in [-0.15, -0.1) is 0 Å². The molecule has 0 amide bonds. The molecular formula is C53H35N3. The summed E-state index contributed by atoms with van der Waals surface area (Å²) in [6, 6.07) is 72.3. The van der Waals surface area contributed by atoms with Crippen LogP contribution in [0.3, 0.4) is 0 Å². The molecule has 0 spiro atoms. The van der Waals surface area contributed by atoms with E-state index in [0.717, 1.165) is 33.6 Å². The molecule has 11 rings (SSSR count). The van der Waals surface area contributed by atoms with Crippen LogP contribution in [0.15, 0.2) is 213 Å². The SMILES string of the molecule is c1cc(-c2cncc(-c3cccc(-c4cccc(-n5c6ccccc6c6ccccc65)c4)c3)c2)cc(-c2cccc(-n3c4ccccc4c4ccccc43)c2)c1. The smallest absolute Gasteiger partial charge is 0.0541 e. The molecule has 262 valence electrons. The Balaban J connectivity index is 0.929. The Morgan fingerprint density at radius 3 is 0.911 bits per heavy atom. The number of rotatable bonds is 6. The van der Waals surface area contributed by atoms with E-state index in [1.165, 1.54) is 65.9 Å². The molecular weight excluding hydrogens is 679 g/mol. The number of para-hydroxylation sites is 4. The maximum absolute atomic E-state index is 4.75. The summed E-state index contributed by atoms with van der Waals surface area (Å²) in [6.07, 6.45) is 3.94. The molecule has 0 radical (unpaired) electrons. The van der Waals surface area contributed by atoms with Crippen LogP contribution in [0.1, 0.15) is 0 Å². The zero-order valence-electron chi connectivity index (χ0n) is 30.5. The van der Waals surface area contributed by atoms with Crippen LogP contribution >= 0.6 is 0 Å². The Labute approximate surface area is 325 Å². The van der Waals surface area contributed by atoms with Crippen LogP contribution in [0.5, 0.6) is 0 Å². The first-order valence-electron chi connectivity index (χ1n) is 19.1. The maximum Gasteiger partial charge on any atom is 0.0541 e. The van der Waals surface area contributed by atoms with E-state index in [0.29, 0.717) is 0 Å². The minimum Gasteiger partial charge on any atom is -0.309 e. The molecule has 0 bridgehead atoms. The van der Waals surface area contributed by atoms with Gasteiger partial charge in [0.05, 0.1) is 22.1 Å². The van der Waals surface area contributed by atoms with Gasteiger partial charge in [-0.3, -0.25) is 4.98 Å². The molecule has 0 saturated carbocycles. The molecule has 0 aliphatic rings. The molecule has 3 nitrogen and oxygen atoms in total. The Kier molecular flexibility index (Phi) is 7.49. The van der Waals surface area contributed by atoms with Crippen LogP contribution < -0.4 is 0 Å². The lowest BCUT2D eigenvalue weighted by atomic mass is 9.96. The third-order valence-corrected chi connectivity index (χ3v) is 11.2. The van der Waals surface area contributed by atoms with Gasteiger partial charge < -0.3 is 9.13 Å². The summed E-state index contributed by atoms with van der Waals surface area (Å²) in [4.78, 5) is 4.75. The van der Waals surface area contributed by atoms with Gasteiger partial charge in [-0.05, 0) is 100 Å². The largest absolute Gasteiger partial charge is 0.309 e. The van der Waals surface area contributed by atoms with Gasteiger partial charge in [-0.2, -0.15) is 0 Å². The molecule has 0 N–H and O–H groups in total. The Morgan fingerprint density at radius 2 is 0.536 bits per heavy atom. The first-order valence-corrected chi connectivity index (χ1v) is 19.1. The molecule has 3 heterocycles. The number of pyridine rings is 1. The van der Waals surface area contributed by atoms with Crippen LogP contribution in [-0.2, 0) is 0 Å². The average molecular weight is 714 g/mol. The molecule has 0 atom stereocenters. The minimum absolute atomic E-state index is 1.08. The number of nitrogens with zero attached hydrogens (tertiary/aromatic N) is 3. The molecule has 0 saturated heterocycles. The summed E-state index contributed by atoms with van der Waals surface area (Å²) < 4.78 is 4.75. The highest BCUT2D eigenvalue weighted by Gasteiger charge is 2.14. The van der Waals surface area contributed by atoms with Crippen LogP contribution in [0.25, 0.3) is 99.5 Å². The predicted molar refractivity (Wildman–Crippen MR) is 235 cm³/mol. The number of fused-ring (bicyclic) bond motifs is 6. The Bertz CT molecular complexity index is 2950. The topological polar surface area (TPSA) is 22.8 Å². The zero-order valence-corrected chi connectivity index (χ0v) is 30.5. The molecule has 0 unspecified atom stereocenters. The highest BCUT2D eigenvalue weighted by atomic mass is 15.0. The first kappa shape index (κ1) is 32.0. The zero-order chi connectivity index (χ0) is 37.0.